The number of hydrogen-bond donors (Lipinski definition) is 3. The highest BCUT2D eigenvalue weighted by molar-refractivity contribution is 7.98. The number of amides is 2. The van der Waals surface area contributed by atoms with Crippen molar-refractivity contribution in [2.24, 2.45) is 11.8 Å². The monoisotopic (exact) mass is 276 g/mol. The Labute approximate surface area is 113 Å². The number of rotatable bonds is 8. The number of nitrogens with one attached hydrogen (secondary N) is 2. The summed E-state index contributed by atoms with van der Waals surface area (Å²) in [6, 6.07) is -1.23. The van der Waals surface area contributed by atoms with Gasteiger partial charge in [0.25, 0.3) is 0 Å². The third-order valence-electron chi connectivity index (χ3n) is 2.83. The standard InChI is InChI=1S/C12H24N2O3S/c1-5-9(3)10(11(15)16)14-12(17)13-6-8(2)7-18-4/h8-10H,5-7H2,1-4H3,(H,15,16)(H2,13,14,17)/t8?,9?,10-/m0/s1. The fourth-order valence-corrected chi connectivity index (χ4v) is 2.17. The van der Waals surface area contributed by atoms with Crippen LogP contribution in [0.3, 0.4) is 0 Å². The van der Waals surface area contributed by atoms with Crippen molar-refractivity contribution in [2.45, 2.75) is 33.2 Å². The minimum Gasteiger partial charge on any atom is -0.480 e. The van der Waals surface area contributed by atoms with E-state index in [9.17, 15) is 9.59 Å². The molecule has 0 aromatic rings. The molecule has 0 heterocycles. The number of carbonyl (C=O) groups excluding carboxylic acids is 1. The molecule has 2 amide bonds. The predicted molar refractivity (Wildman–Crippen MR) is 75.0 cm³/mol. The molecule has 2 unspecified atom stereocenters. The van der Waals surface area contributed by atoms with Crippen molar-refractivity contribution in [1.82, 2.24) is 10.6 Å². The zero-order valence-electron chi connectivity index (χ0n) is 11.5. The van der Waals surface area contributed by atoms with Gasteiger partial charge in [0.2, 0.25) is 0 Å². The molecule has 0 aliphatic heterocycles. The van der Waals surface area contributed by atoms with E-state index in [1.165, 1.54) is 0 Å². The first-order valence-corrected chi connectivity index (χ1v) is 7.57. The fourth-order valence-electron chi connectivity index (χ4n) is 1.49. The topological polar surface area (TPSA) is 78.4 Å². The second-order valence-electron chi connectivity index (χ2n) is 4.62. The van der Waals surface area contributed by atoms with Crippen molar-refractivity contribution in [3.05, 3.63) is 0 Å². The Hall–Kier alpha value is -0.910. The second-order valence-corrected chi connectivity index (χ2v) is 5.53. The van der Waals surface area contributed by atoms with E-state index in [2.05, 4.69) is 10.6 Å². The Morgan fingerprint density at radius 2 is 1.94 bits per heavy atom. The molecule has 3 N–H and O–H groups in total. The highest BCUT2D eigenvalue weighted by Gasteiger charge is 2.25. The Morgan fingerprint density at radius 3 is 2.39 bits per heavy atom. The summed E-state index contributed by atoms with van der Waals surface area (Å²) in [4.78, 5) is 22.6. The van der Waals surface area contributed by atoms with Crippen molar-refractivity contribution in [3.8, 4) is 0 Å². The first kappa shape index (κ1) is 17.1. The second kappa shape index (κ2) is 9.08. The van der Waals surface area contributed by atoms with E-state index in [1.807, 2.05) is 27.0 Å². The molecule has 106 valence electrons. The van der Waals surface area contributed by atoms with Gasteiger partial charge >= 0.3 is 12.0 Å². The Balaban J connectivity index is 4.14. The summed E-state index contributed by atoms with van der Waals surface area (Å²) < 4.78 is 0. The average Bonchev–Trinajstić information content (AvgIpc) is 2.32. The molecule has 3 atom stereocenters. The lowest BCUT2D eigenvalue weighted by molar-refractivity contribution is -0.140. The predicted octanol–water partition coefficient (Wildman–Crippen LogP) is 1.78. The van der Waals surface area contributed by atoms with Crippen LogP contribution in [-0.2, 0) is 4.79 Å². The number of hydrogen-bond acceptors (Lipinski definition) is 3. The fraction of sp³-hybridized carbons (Fsp3) is 0.833. The third-order valence-corrected chi connectivity index (χ3v) is 3.73. The molecule has 0 radical (unpaired) electrons. The number of carbonyl (C=O) groups is 2. The van der Waals surface area contributed by atoms with Crippen molar-refractivity contribution in [1.29, 1.82) is 0 Å². The van der Waals surface area contributed by atoms with Gasteiger partial charge < -0.3 is 15.7 Å². The van der Waals surface area contributed by atoms with Crippen LogP contribution >= 0.6 is 11.8 Å². The summed E-state index contributed by atoms with van der Waals surface area (Å²) in [6.07, 6.45) is 2.72. The zero-order valence-corrected chi connectivity index (χ0v) is 12.3. The molecule has 0 aliphatic carbocycles. The largest absolute Gasteiger partial charge is 0.480 e. The lowest BCUT2D eigenvalue weighted by Crippen LogP contribution is -2.49. The summed E-state index contributed by atoms with van der Waals surface area (Å²) in [5, 5.41) is 14.3. The van der Waals surface area contributed by atoms with Crippen LogP contribution < -0.4 is 10.6 Å². The average molecular weight is 276 g/mol. The summed E-state index contributed by atoms with van der Waals surface area (Å²) in [6.45, 7) is 6.32. The number of thioether (sulfide) groups is 1. The molecular formula is C12H24N2O3S. The summed E-state index contributed by atoms with van der Waals surface area (Å²) in [5.41, 5.74) is 0. The molecule has 0 aliphatic rings. The van der Waals surface area contributed by atoms with E-state index < -0.39 is 18.0 Å². The van der Waals surface area contributed by atoms with Crippen molar-refractivity contribution in [3.63, 3.8) is 0 Å². The van der Waals surface area contributed by atoms with Crippen LogP contribution in [-0.4, -0.2) is 41.7 Å². The summed E-state index contributed by atoms with van der Waals surface area (Å²) >= 11 is 1.72. The van der Waals surface area contributed by atoms with Gasteiger partial charge in [-0.2, -0.15) is 11.8 Å². The Kier molecular flexibility index (Phi) is 8.62. The van der Waals surface area contributed by atoms with Crippen LogP contribution in [0.1, 0.15) is 27.2 Å². The van der Waals surface area contributed by atoms with Gasteiger partial charge in [0.15, 0.2) is 0 Å². The highest BCUT2D eigenvalue weighted by Crippen LogP contribution is 2.08. The Bertz CT molecular complexity index is 274. The third kappa shape index (κ3) is 6.74. The Morgan fingerprint density at radius 1 is 1.33 bits per heavy atom. The lowest BCUT2D eigenvalue weighted by atomic mass is 9.99. The van der Waals surface area contributed by atoms with Gasteiger partial charge in [-0.1, -0.05) is 27.2 Å². The first-order valence-electron chi connectivity index (χ1n) is 6.18. The quantitative estimate of drug-likeness (QED) is 0.631. The molecule has 0 rings (SSSR count). The van der Waals surface area contributed by atoms with Crippen LogP contribution in [0.5, 0.6) is 0 Å². The molecule has 6 heteroatoms. The molecule has 0 saturated carbocycles. The van der Waals surface area contributed by atoms with Crippen molar-refractivity contribution >= 4 is 23.8 Å². The number of carboxylic acids is 1. The van der Waals surface area contributed by atoms with Gasteiger partial charge in [0.05, 0.1) is 0 Å². The number of carboxylic acid groups (broad SMARTS) is 1. The molecule has 0 fully saturated rings. The van der Waals surface area contributed by atoms with Crippen LogP contribution in [0.4, 0.5) is 4.79 Å². The zero-order chi connectivity index (χ0) is 14.1. The molecule has 0 saturated heterocycles. The number of aliphatic carboxylic acids is 1. The van der Waals surface area contributed by atoms with Crippen LogP contribution in [0, 0.1) is 11.8 Å². The maximum atomic E-state index is 11.6. The molecule has 0 bridgehead atoms. The minimum atomic E-state index is -0.989. The SMILES string of the molecule is CCC(C)[C@H](NC(=O)NCC(C)CSC)C(=O)O. The van der Waals surface area contributed by atoms with Gasteiger partial charge in [-0.15, -0.1) is 0 Å². The van der Waals surface area contributed by atoms with Crippen LogP contribution in [0.15, 0.2) is 0 Å². The van der Waals surface area contributed by atoms with Gasteiger partial charge in [-0.3, -0.25) is 0 Å². The molecule has 0 aromatic heterocycles. The van der Waals surface area contributed by atoms with Gasteiger partial charge in [-0.05, 0) is 23.8 Å². The van der Waals surface area contributed by atoms with E-state index in [0.29, 0.717) is 18.9 Å². The molecular weight excluding hydrogens is 252 g/mol. The van der Waals surface area contributed by atoms with Crippen molar-refractivity contribution < 1.29 is 14.7 Å². The van der Waals surface area contributed by atoms with Gasteiger partial charge in [0.1, 0.15) is 6.04 Å². The molecule has 5 nitrogen and oxygen atoms in total. The normalized spacial score (nSPS) is 15.6. The number of urea groups is 1. The molecule has 0 spiro atoms. The van der Waals surface area contributed by atoms with E-state index >= 15 is 0 Å². The van der Waals surface area contributed by atoms with Crippen molar-refractivity contribution in [2.75, 3.05) is 18.6 Å². The van der Waals surface area contributed by atoms with Gasteiger partial charge in [0, 0.05) is 6.54 Å². The minimum absolute atomic E-state index is 0.0862. The first-order chi connectivity index (χ1) is 8.42. The maximum Gasteiger partial charge on any atom is 0.326 e. The van der Waals surface area contributed by atoms with E-state index in [-0.39, 0.29) is 5.92 Å². The summed E-state index contributed by atoms with van der Waals surface area (Å²) in [7, 11) is 0. The van der Waals surface area contributed by atoms with Crippen LogP contribution in [0.2, 0.25) is 0 Å². The maximum absolute atomic E-state index is 11.6. The van der Waals surface area contributed by atoms with Crippen LogP contribution in [0.25, 0.3) is 0 Å². The van der Waals surface area contributed by atoms with E-state index in [1.54, 1.807) is 11.8 Å². The van der Waals surface area contributed by atoms with Gasteiger partial charge in [-0.25, -0.2) is 9.59 Å². The highest BCUT2D eigenvalue weighted by atomic mass is 32.2. The van der Waals surface area contributed by atoms with E-state index in [4.69, 9.17) is 5.11 Å². The van der Waals surface area contributed by atoms with E-state index in [0.717, 1.165) is 5.75 Å². The summed E-state index contributed by atoms with van der Waals surface area (Å²) in [5.74, 6) is 0.264. The smallest absolute Gasteiger partial charge is 0.326 e. The molecule has 0 aromatic carbocycles. The molecule has 18 heavy (non-hydrogen) atoms. The lowest BCUT2D eigenvalue weighted by Gasteiger charge is -2.21.